The number of piperazine rings is 1. The molecule has 0 aromatic heterocycles. The molecule has 1 amide bonds. The molecular weight excluding hydrogens is 290 g/mol. The van der Waals surface area contributed by atoms with Gasteiger partial charge in [0, 0.05) is 51.7 Å². The van der Waals surface area contributed by atoms with Crippen LogP contribution in [0.15, 0.2) is 0 Å². The van der Waals surface area contributed by atoms with Crippen LogP contribution in [0.2, 0.25) is 0 Å². The Bertz CT molecular complexity index is 458. The van der Waals surface area contributed by atoms with Gasteiger partial charge in [-0.3, -0.25) is 4.79 Å². The van der Waals surface area contributed by atoms with Crippen molar-refractivity contribution in [1.29, 1.82) is 0 Å². The van der Waals surface area contributed by atoms with E-state index in [9.17, 15) is 13.2 Å². The van der Waals surface area contributed by atoms with Crippen molar-refractivity contribution in [3.8, 4) is 0 Å². The highest BCUT2D eigenvalue weighted by Gasteiger charge is 2.33. The fraction of sp³-hybridized carbons (Fsp3) is 0.929. The highest BCUT2D eigenvalue weighted by molar-refractivity contribution is 7.91. The number of likely N-dealkylation sites (N-methyl/N-ethyl adjacent to an activating group) is 1. The second-order valence-electron chi connectivity index (χ2n) is 6.13. The van der Waals surface area contributed by atoms with E-state index in [0.717, 1.165) is 32.7 Å². The minimum absolute atomic E-state index is 0.0959. The van der Waals surface area contributed by atoms with Crippen LogP contribution >= 0.6 is 0 Å². The van der Waals surface area contributed by atoms with Crippen LogP contribution in [0.1, 0.15) is 19.8 Å². The Hall–Kier alpha value is -0.660. The summed E-state index contributed by atoms with van der Waals surface area (Å²) in [4.78, 5) is 18.7. The molecule has 2 aliphatic rings. The zero-order chi connectivity index (χ0) is 15.5. The van der Waals surface area contributed by atoms with Crippen LogP contribution in [-0.2, 0) is 14.6 Å². The zero-order valence-corrected chi connectivity index (χ0v) is 13.9. The summed E-state index contributed by atoms with van der Waals surface area (Å²) < 4.78 is 23.1. The van der Waals surface area contributed by atoms with E-state index in [1.54, 1.807) is 4.90 Å². The van der Waals surface area contributed by atoms with Crippen LogP contribution in [0.25, 0.3) is 0 Å². The number of nitrogens with zero attached hydrogens (tertiary/aromatic N) is 3. The third-order valence-corrected chi connectivity index (χ3v) is 6.30. The van der Waals surface area contributed by atoms with E-state index >= 15 is 0 Å². The predicted octanol–water partition coefficient (Wildman–Crippen LogP) is -0.340. The summed E-state index contributed by atoms with van der Waals surface area (Å²) in [5, 5.41) is 0. The maximum atomic E-state index is 12.4. The quantitative estimate of drug-likeness (QED) is 0.694. The van der Waals surface area contributed by atoms with E-state index < -0.39 is 9.84 Å². The van der Waals surface area contributed by atoms with Gasteiger partial charge in [0.1, 0.15) is 0 Å². The normalized spacial score (nSPS) is 26.9. The van der Waals surface area contributed by atoms with Gasteiger partial charge in [-0.05, 0) is 20.4 Å². The summed E-state index contributed by atoms with van der Waals surface area (Å²) in [6, 6.07) is -0.111. The van der Waals surface area contributed by atoms with Crippen LogP contribution in [0, 0.1) is 0 Å². The monoisotopic (exact) mass is 317 g/mol. The molecule has 122 valence electrons. The van der Waals surface area contributed by atoms with Gasteiger partial charge < -0.3 is 14.7 Å². The molecule has 0 saturated carbocycles. The lowest BCUT2D eigenvalue weighted by molar-refractivity contribution is -0.133. The molecule has 0 N–H and O–H groups in total. The molecule has 1 atom stereocenters. The Morgan fingerprint density at radius 3 is 2.43 bits per heavy atom. The van der Waals surface area contributed by atoms with Crippen LogP contribution in [0.4, 0.5) is 0 Å². The average molecular weight is 317 g/mol. The van der Waals surface area contributed by atoms with E-state index in [-0.39, 0.29) is 23.5 Å². The summed E-state index contributed by atoms with van der Waals surface area (Å²) >= 11 is 0. The molecule has 1 unspecified atom stereocenters. The summed E-state index contributed by atoms with van der Waals surface area (Å²) in [5.74, 6) is 0.458. The Kier molecular flexibility index (Phi) is 5.62. The van der Waals surface area contributed by atoms with Crippen molar-refractivity contribution in [3.05, 3.63) is 0 Å². The predicted molar refractivity (Wildman–Crippen MR) is 83.0 cm³/mol. The van der Waals surface area contributed by atoms with E-state index in [1.807, 2.05) is 6.92 Å². The molecule has 0 aliphatic carbocycles. The number of rotatable bonds is 5. The van der Waals surface area contributed by atoms with Gasteiger partial charge in [0.05, 0.1) is 11.5 Å². The second-order valence-corrected chi connectivity index (χ2v) is 8.36. The molecule has 0 aromatic rings. The Balaban J connectivity index is 1.81. The van der Waals surface area contributed by atoms with Crippen LogP contribution in [0.3, 0.4) is 0 Å². The molecule has 0 radical (unpaired) electrons. The van der Waals surface area contributed by atoms with Gasteiger partial charge in [-0.25, -0.2) is 8.42 Å². The van der Waals surface area contributed by atoms with Crippen LogP contribution in [-0.4, -0.2) is 92.9 Å². The lowest BCUT2D eigenvalue weighted by atomic mass is 10.2. The zero-order valence-electron chi connectivity index (χ0n) is 13.1. The van der Waals surface area contributed by atoms with Gasteiger partial charge in [0.15, 0.2) is 9.84 Å². The maximum absolute atomic E-state index is 12.4. The first kappa shape index (κ1) is 16.7. The molecule has 2 aliphatic heterocycles. The van der Waals surface area contributed by atoms with E-state index in [4.69, 9.17) is 0 Å². The summed E-state index contributed by atoms with van der Waals surface area (Å²) in [7, 11) is -0.823. The molecule has 0 spiro atoms. The smallest absolute Gasteiger partial charge is 0.224 e. The average Bonchev–Trinajstić information content (AvgIpc) is 2.79. The molecular formula is C14H27N3O3S. The highest BCUT2D eigenvalue weighted by atomic mass is 32.2. The minimum Gasteiger partial charge on any atom is -0.339 e. The van der Waals surface area contributed by atoms with Crippen molar-refractivity contribution in [3.63, 3.8) is 0 Å². The van der Waals surface area contributed by atoms with E-state index in [2.05, 4.69) is 16.8 Å². The summed E-state index contributed by atoms with van der Waals surface area (Å²) in [5.41, 5.74) is 0. The number of hydrogen-bond donors (Lipinski definition) is 0. The number of carbonyl (C=O) groups excluding carboxylic acids is 1. The fourth-order valence-corrected chi connectivity index (χ4v) is 4.86. The standard InChI is InChI=1S/C14H27N3O3S/c1-3-17(13-5-11-21(19,20)12-13)14(18)4-6-16-9-7-15(2)8-10-16/h13H,3-12H2,1-2H3. The van der Waals surface area contributed by atoms with Crippen molar-refractivity contribution in [2.24, 2.45) is 0 Å². The first-order valence-corrected chi connectivity index (χ1v) is 9.64. The van der Waals surface area contributed by atoms with Crippen LogP contribution < -0.4 is 0 Å². The van der Waals surface area contributed by atoms with Gasteiger partial charge in [0.2, 0.25) is 5.91 Å². The number of amides is 1. The Morgan fingerprint density at radius 1 is 1.24 bits per heavy atom. The van der Waals surface area contributed by atoms with Gasteiger partial charge in [-0.2, -0.15) is 0 Å². The topological polar surface area (TPSA) is 60.9 Å². The summed E-state index contributed by atoms with van der Waals surface area (Å²) in [6.07, 6.45) is 1.09. The largest absolute Gasteiger partial charge is 0.339 e. The second kappa shape index (κ2) is 7.07. The molecule has 2 saturated heterocycles. The highest BCUT2D eigenvalue weighted by Crippen LogP contribution is 2.18. The Labute approximate surface area is 128 Å². The molecule has 6 nitrogen and oxygen atoms in total. The lowest BCUT2D eigenvalue weighted by Crippen LogP contribution is -2.46. The number of hydrogen-bond acceptors (Lipinski definition) is 5. The van der Waals surface area contributed by atoms with Crippen molar-refractivity contribution >= 4 is 15.7 Å². The third kappa shape index (κ3) is 4.66. The molecule has 0 bridgehead atoms. The molecule has 21 heavy (non-hydrogen) atoms. The van der Waals surface area contributed by atoms with Crippen molar-refractivity contribution in [1.82, 2.24) is 14.7 Å². The van der Waals surface area contributed by atoms with E-state index in [1.165, 1.54) is 0 Å². The van der Waals surface area contributed by atoms with E-state index in [0.29, 0.717) is 19.4 Å². The van der Waals surface area contributed by atoms with Gasteiger partial charge in [0.25, 0.3) is 0 Å². The van der Waals surface area contributed by atoms with Gasteiger partial charge in [-0.1, -0.05) is 0 Å². The first-order valence-electron chi connectivity index (χ1n) is 7.82. The van der Waals surface area contributed by atoms with Crippen molar-refractivity contribution < 1.29 is 13.2 Å². The SMILES string of the molecule is CCN(C(=O)CCN1CCN(C)CC1)C1CCS(=O)(=O)C1. The Morgan fingerprint density at radius 2 is 1.90 bits per heavy atom. The van der Waals surface area contributed by atoms with Crippen molar-refractivity contribution in [2.75, 3.05) is 57.8 Å². The van der Waals surface area contributed by atoms with Gasteiger partial charge in [-0.15, -0.1) is 0 Å². The minimum atomic E-state index is -2.94. The van der Waals surface area contributed by atoms with Crippen LogP contribution in [0.5, 0.6) is 0 Å². The number of sulfone groups is 1. The number of carbonyl (C=O) groups is 1. The van der Waals surface area contributed by atoms with Crippen molar-refractivity contribution in [2.45, 2.75) is 25.8 Å². The fourth-order valence-electron chi connectivity index (χ4n) is 3.13. The molecule has 2 heterocycles. The molecule has 0 aromatic carbocycles. The lowest BCUT2D eigenvalue weighted by Gasteiger charge is -2.33. The third-order valence-electron chi connectivity index (χ3n) is 4.55. The molecule has 2 fully saturated rings. The molecule has 2 rings (SSSR count). The summed E-state index contributed by atoms with van der Waals surface area (Å²) in [6.45, 7) is 7.42. The molecule has 7 heteroatoms. The maximum Gasteiger partial charge on any atom is 0.224 e. The van der Waals surface area contributed by atoms with Gasteiger partial charge >= 0.3 is 0 Å². The first-order chi connectivity index (χ1) is 9.91.